The normalized spacial score (nSPS) is 10.7. The van der Waals surface area contributed by atoms with Gasteiger partial charge in [-0.3, -0.25) is 4.68 Å². The molecule has 0 aliphatic heterocycles. The Morgan fingerprint density at radius 2 is 1.88 bits per heavy atom. The molecule has 1 aromatic heterocycles. The summed E-state index contributed by atoms with van der Waals surface area (Å²) in [6.45, 7) is 0. The Morgan fingerprint density at radius 3 is 2.58 bits per heavy atom. The Bertz CT molecular complexity index is 971. The van der Waals surface area contributed by atoms with E-state index < -0.39 is 29.2 Å². The third kappa shape index (κ3) is 3.50. The van der Waals surface area contributed by atoms with E-state index in [9.17, 15) is 18.0 Å². The van der Waals surface area contributed by atoms with Crippen LogP contribution in [0.4, 0.5) is 29.3 Å². The number of carbonyl (C=O) groups is 1. The van der Waals surface area contributed by atoms with Gasteiger partial charge in [-0.15, -0.1) is 0 Å². The van der Waals surface area contributed by atoms with Crippen LogP contribution in [0.3, 0.4) is 0 Å². The lowest BCUT2D eigenvalue weighted by Crippen LogP contribution is -2.20. The largest absolute Gasteiger partial charge is 0.323 e. The molecule has 0 aliphatic rings. The van der Waals surface area contributed by atoms with Crippen molar-refractivity contribution >= 4 is 29.0 Å². The number of hydrogen-bond acceptors (Lipinski definition) is 2. The molecular formula is C17H12ClF3N4O. The first-order chi connectivity index (χ1) is 12.4. The highest BCUT2D eigenvalue weighted by atomic mass is 35.5. The number of aryl methyl sites for hydroxylation is 1. The summed E-state index contributed by atoms with van der Waals surface area (Å²) in [5.41, 5.74) is 1.27. The van der Waals surface area contributed by atoms with E-state index in [4.69, 9.17) is 11.6 Å². The summed E-state index contributed by atoms with van der Waals surface area (Å²) in [7, 11) is 1.72. The lowest BCUT2D eigenvalue weighted by molar-refractivity contribution is 0.262. The topological polar surface area (TPSA) is 59.0 Å². The van der Waals surface area contributed by atoms with Crippen LogP contribution in [0.2, 0.25) is 5.02 Å². The van der Waals surface area contributed by atoms with Crippen molar-refractivity contribution in [3.8, 4) is 11.3 Å². The molecule has 1 heterocycles. The summed E-state index contributed by atoms with van der Waals surface area (Å²) >= 11 is 6.10. The molecule has 3 aromatic rings. The Kier molecular flexibility index (Phi) is 4.85. The summed E-state index contributed by atoms with van der Waals surface area (Å²) in [4.78, 5) is 12.0. The zero-order valence-electron chi connectivity index (χ0n) is 13.4. The van der Waals surface area contributed by atoms with Gasteiger partial charge in [0.1, 0.15) is 0 Å². The molecular weight excluding hydrogens is 369 g/mol. The summed E-state index contributed by atoms with van der Waals surface area (Å²) in [6.07, 6.45) is 1.50. The predicted molar refractivity (Wildman–Crippen MR) is 92.6 cm³/mol. The molecule has 26 heavy (non-hydrogen) atoms. The standard InChI is InChI=1S/C17H12ClF3N4O/c1-25-16(11(18)8-22-25)9-3-2-4-10(7-9)23-17(26)24-13-6-5-12(19)14(20)15(13)21/h2-8H,1H3,(H2,23,24,26). The van der Waals surface area contributed by atoms with Gasteiger partial charge in [-0.25, -0.2) is 18.0 Å². The first-order valence-corrected chi connectivity index (χ1v) is 7.74. The molecule has 2 amide bonds. The van der Waals surface area contributed by atoms with Crippen LogP contribution in [0.5, 0.6) is 0 Å². The number of amides is 2. The Balaban J connectivity index is 1.79. The van der Waals surface area contributed by atoms with E-state index in [2.05, 4.69) is 15.7 Å². The van der Waals surface area contributed by atoms with E-state index in [0.717, 1.165) is 12.1 Å². The van der Waals surface area contributed by atoms with Gasteiger partial charge in [0.2, 0.25) is 0 Å². The van der Waals surface area contributed by atoms with Crippen LogP contribution >= 0.6 is 11.6 Å². The van der Waals surface area contributed by atoms with Gasteiger partial charge < -0.3 is 10.6 Å². The van der Waals surface area contributed by atoms with E-state index in [-0.39, 0.29) is 0 Å². The lowest BCUT2D eigenvalue weighted by Gasteiger charge is -2.10. The average Bonchev–Trinajstić information content (AvgIpc) is 2.94. The number of aromatic nitrogens is 2. The van der Waals surface area contributed by atoms with Crippen molar-refractivity contribution in [3.63, 3.8) is 0 Å². The highest BCUT2D eigenvalue weighted by Crippen LogP contribution is 2.29. The van der Waals surface area contributed by atoms with E-state index in [1.165, 1.54) is 6.20 Å². The highest BCUT2D eigenvalue weighted by Gasteiger charge is 2.15. The molecule has 0 saturated heterocycles. The number of nitrogens with one attached hydrogen (secondary N) is 2. The molecule has 5 nitrogen and oxygen atoms in total. The maximum absolute atomic E-state index is 13.6. The van der Waals surface area contributed by atoms with Crippen LogP contribution in [0.1, 0.15) is 0 Å². The van der Waals surface area contributed by atoms with E-state index in [1.807, 2.05) is 0 Å². The SMILES string of the molecule is Cn1ncc(Cl)c1-c1cccc(NC(=O)Nc2ccc(F)c(F)c2F)c1. The molecule has 2 N–H and O–H groups in total. The van der Waals surface area contributed by atoms with Crippen molar-refractivity contribution in [3.05, 3.63) is 65.1 Å². The molecule has 9 heteroatoms. The Hall–Kier alpha value is -3.00. The minimum absolute atomic E-state index is 0.389. The zero-order chi connectivity index (χ0) is 18.8. The van der Waals surface area contributed by atoms with Gasteiger partial charge in [0.15, 0.2) is 17.5 Å². The quantitative estimate of drug-likeness (QED) is 0.641. The first kappa shape index (κ1) is 17.8. The smallest absolute Gasteiger partial charge is 0.308 e. The van der Waals surface area contributed by atoms with Gasteiger partial charge in [-0.05, 0) is 24.3 Å². The maximum Gasteiger partial charge on any atom is 0.323 e. The number of hydrogen-bond donors (Lipinski definition) is 2. The van der Waals surface area contributed by atoms with Crippen LogP contribution in [0, 0.1) is 17.5 Å². The van der Waals surface area contributed by atoms with Gasteiger partial charge in [0.25, 0.3) is 0 Å². The van der Waals surface area contributed by atoms with Gasteiger partial charge in [0.05, 0.1) is 22.6 Å². The van der Waals surface area contributed by atoms with E-state index in [0.29, 0.717) is 22.0 Å². The second-order valence-electron chi connectivity index (χ2n) is 5.35. The molecule has 0 spiro atoms. The van der Waals surface area contributed by atoms with Crippen molar-refractivity contribution in [2.75, 3.05) is 10.6 Å². The summed E-state index contributed by atoms with van der Waals surface area (Å²) in [6, 6.07) is 7.55. The number of anilines is 2. The summed E-state index contributed by atoms with van der Waals surface area (Å²) in [5.74, 6) is -4.47. The second kappa shape index (κ2) is 7.09. The van der Waals surface area contributed by atoms with Crippen LogP contribution in [0.25, 0.3) is 11.3 Å². The summed E-state index contributed by atoms with van der Waals surface area (Å²) in [5, 5.41) is 9.10. The number of rotatable bonds is 3. The van der Waals surface area contributed by atoms with Gasteiger partial charge in [-0.2, -0.15) is 5.10 Å². The molecule has 0 fully saturated rings. The number of nitrogens with zero attached hydrogens (tertiary/aromatic N) is 2. The molecule has 3 rings (SSSR count). The zero-order valence-corrected chi connectivity index (χ0v) is 14.1. The monoisotopic (exact) mass is 380 g/mol. The predicted octanol–water partition coefficient (Wildman–Crippen LogP) is 4.80. The fourth-order valence-corrected chi connectivity index (χ4v) is 2.66. The molecule has 0 unspecified atom stereocenters. The molecule has 0 aliphatic carbocycles. The fraction of sp³-hybridized carbons (Fsp3) is 0.0588. The van der Waals surface area contributed by atoms with Crippen molar-refractivity contribution < 1.29 is 18.0 Å². The third-order valence-electron chi connectivity index (χ3n) is 3.57. The lowest BCUT2D eigenvalue weighted by atomic mass is 10.1. The number of benzene rings is 2. The van der Waals surface area contributed by atoms with Gasteiger partial charge in [-0.1, -0.05) is 23.7 Å². The maximum atomic E-state index is 13.6. The van der Waals surface area contributed by atoms with Gasteiger partial charge >= 0.3 is 6.03 Å². The summed E-state index contributed by atoms with van der Waals surface area (Å²) < 4.78 is 41.3. The van der Waals surface area contributed by atoms with Gasteiger partial charge in [0, 0.05) is 18.3 Å². The molecule has 0 radical (unpaired) electrons. The highest BCUT2D eigenvalue weighted by molar-refractivity contribution is 6.33. The molecule has 0 saturated carbocycles. The van der Waals surface area contributed by atoms with E-state index >= 15 is 0 Å². The second-order valence-corrected chi connectivity index (χ2v) is 5.75. The number of carbonyl (C=O) groups excluding carboxylic acids is 1. The molecule has 134 valence electrons. The van der Waals surface area contributed by atoms with Crippen LogP contribution in [0.15, 0.2) is 42.6 Å². The first-order valence-electron chi connectivity index (χ1n) is 7.36. The van der Waals surface area contributed by atoms with Crippen LogP contribution in [-0.2, 0) is 7.05 Å². The van der Waals surface area contributed by atoms with Crippen molar-refractivity contribution in [2.45, 2.75) is 0 Å². The van der Waals surface area contributed by atoms with Crippen molar-refractivity contribution in [1.82, 2.24) is 9.78 Å². The molecule has 2 aromatic carbocycles. The molecule has 0 atom stereocenters. The van der Waals surface area contributed by atoms with Crippen LogP contribution in [-0.4, -0.2) is 15.8 Å². The van der Waals surface area contributed by atoms with Crippen molar-refractivity contribution in [2.24, 2.45) is 7.05 Å². The Morgan fingerprint density at radius 1 is 1.12 bits per heavy atom. The third-order valence-corrected chi connectivity index (χ3v) is 3.85. The van der Waals surface area contributed by atoms with Crippen molar-refractivity contribution in [1.29, 1.82) is 0 Å². The van der Waals surface area contributed by atoms with Crippen LogP contribution < -0.4 is 10.6 Å². The number of urea groups is 1. The van der Waals surface area contributed by atoms with E-state index in [1.54, 1.807) is 36.0 Å². The fourth-order valence-electron chi connectivity index (χ4n) is 2.39. The minimum atomic E-state index is -1.66. The molecule has 0 bridgehead atoms. The minimum Gasteiger partial charge on any atom is -0.308 e. The Labute approximate surface area is 151 Å². The average molecular weight is 381 g/mol. The number of halogens is 4.